The van der Waals surface area contributed by atoms with Crippen LogP contribution in [0.5, 0.6) is 0 Å². The summed E-state index contributed by atoms with van der Waals surface area (Å²) in [6, 6.07) is 4.32. The molecule has 1 fully saturated rings. The van der Waals surface area contributed by atoms with Gasteiger partial charge < -0.3 is 9.88 Å². The quantitative estimate of drug-likeness (QED) is 0.758. The molecule has 0 aromatic carbocycles. The highest BCUT2D eigenvalue weighted by Gasteiger charge is 2.36. The number of rotatable bonds is 5. The second kappa shape index (κ2) is 3.77. The maximum absolute atomic E-state index is 3.54. The van der Waals surface area contributed by atoms with Crippen LogP contribution in [-0.4, -0.2) is 11.1 Å². The summed E-state index contributed by atoms with van der Waals surface area (Å²) < 4.78 is 2.29. The molecule has 2 heteroatoms. The number of nitrogens with one attached hydrogen (secondary N) is 1. The zero-order chi connectivity index (χ0) is 10.0. The summed E-state index contributed by atoms with van der Waals surface area (Å²) in [5, 5.41) is 3.54. The van der Waals surface area contributed by atoms with Gasteiger partial charge in [0.15, 0.2) is 0 Å². The molecule has 0 spiro atoms. The van der Waals surface area contributed by atoms with Gasteiger partial charge in [0, 0.05) is 31.5 Å². The summed E-state index contributed by atoms with van der Waals surface area (Å²) in [5.41, 5.74) is 2.01. The van der Waals surface area contributed by atoms with Crippen molar-refractivity contribution in [1.29, 1.82) is 0 Å². The van der Waals surface area contributed by atoms with Crippen LogP contribution in [0.3, 0.4) is 0 Å². The molecule has 1 aliphatic carbocycles. The standard InChI is InChI=1S/C12H20N2/c1-3-14-8-4-5-11(14)9-13-10-12(2)6-7-12/h4-5,8,13H,3,6-7,9-10H2,1-2H3. The van der Waals surface area contributed by atoms with Crippen LogP contribution in [-0.2, 0) is 13.1 Å². The number of hydrogen-bond donors (Lipinski definition) is 1. The van der Waals surface area contributed by atoms with Crippen molar-refractivity contribution in [1.82, 2.24) is 9.88 Å². The van der Waals surface area contributed by atoms with Crippen LogP contribution in [0.1, 0.15) is 32.4 Å². The molecule has 1 N–H and O–H groups in total. The summed E-state index contributed by atoms with van der Waals surface area (Å²) in [5.74, 6) is 0. The fraction of sp³-hybridized carbons (Fsp3) is 0.667. The van der Waals surface area contributed by atoms with Crippen LogP contribution in [0.25, 0.3) is 0 Å². The largest absolute Gasteiger partial charge is 0.351 e. The van der Waals surface area contributed by atoms with Crippen LogP contribution in [0.2, 0.25) is 0 Å². The molecule has 0 radical (unpaired) electrons. The Balaban J connectivity index is 1.79. The molecule has 0 aliphatic heterocycles. The minimum Gasteiger partial charge on any atom is -0.351 e. The van der Waals surface area contributed by atoms with Gasteiger partial charge in [-0.15, -0.1) is 0 Å². The number of aryl methyl sites for hydroxylation is 1. The lowest BCUT2D eigenvalue weighted by molar-refractivity contribution is 0.490. The van der Waals surface area contributed by atoms with Gasteiger partial charge in [0.05, 0.1) is 0 Å². The minimum atomic E-state index is 0.615. The fourth-order valence-corrected chi connectivity index (χ4v) is 1.80. The summed E-state index contributed by atoms with van der Waals surface area (Å²) in [6.07, 6.45) is 4.94. The molecule has 0 bridgehead atoms. The molecule has 78 valence electrons. The maximum atomic E-state index is 3.54. The molecule has 0 unspecified atom stereocenters. The average molecular weight is 192 g/mol. The van der Waals surface area contributed by atoms with Crippen molar-refractivity contribution in [2.75, 3.05) is 6.54 Å². The molecule has 1 saturated carbocycles. The molecule has 0 saturated heterocycles. The lowest BCUT2D eigenvalue weighted by Crippen LogP contribution is -2.22. The zero-order valence-electron chi connectivity index (χ0n) is 9.21. The van der Waals surface area contributed by atoms with E-state index in [-0.39, 0.29) is 0 Å². The second-order valence-electron chi connectivity index (χ2n) is 4.70. The first-order chi connectivity index (χ1) is 6.73. The Morgan fingerprint density at radius 3 is 2.93 bits per heavy atom. The third kappa shape index (κ3) is 2.18. The Kier molecular flexibility index (Phi) is 2.64. The molecule has 2 nitrogen and oxygen atoms in total. The third-order valence-corrected chi connectivity index (χ3v) is 3.23. The van der Waals surface area contributed by atoms with Crippen LogP contribution in [0.4, 0.5) is 0 Å². The first-order valence-corrected chi connectivity index (χ1v) is 5.58. The van der Waals surface area contributed by atoms with Gasteiger partial charge in [-0.2, -0.15) is 0 Å². The summed E-state index contributed by atoms with van der Waals surface area (Å²) >= 11 is 0. The summed E-state index contributed by atoms with van der Waals surface area (Å²) in [7, 11) is 0. The van der Waals surface area contributed by atoms with Gasteiger partial charge in [0.1, 0.15) is 0 Å². The first kappa shape index (κ1) is 9.78. The molecule has 0 amide bonds. The molecule has 1 heterocycles. The third-order valence-electron chi connectivity index (χ3n) is 3.23. The van der Waals surface area contributed by atoms with E-state index in [1.807, 2.05) is 0 Å². The monoisotopic (exact) mass is 192 g/mol. The molecule has 1 aliphatic rings. The van der Waals surface area contributed by atoms with Gasteiger partial charge in [0.25, 0.3) is 0 Å². The Morgan fingerprint density at radius 1 is 1.50 bits per heavy atom. The highest BCUT2D eigenvalue weighted by Crippen LogP contribution is 2.44. The van der Waals surface area contributed by atoms with Crippen LogP contribution in [0, 0.1) is 5.41 Å². The molecular formula is C12H20N2. The van der Waals surface area contributed by atoms with E-state index in [9.17, 15) is 0 Å². The van der Waals surface area contributed by atoms with E-state index in [1.165, 1.54) is 25.1 Å². The second-order valence-corrected chi connectivity index (χ2v) is 4.70. The summed E-state index contributed by atoms with van der Waals surface area (Å²) in [4.78, 5) is 0. The van der Waals surface area contributed by atoms with E-state index in [0.29, 0.717) is 5.41 Å². The number of hydrogen-bond acceptors (Lipinski definition) is 1. The van der Waals surface area contributed by atoms with Crippen molar-refractivity contribution in [2.45, 2.75) is 39.8 Å². The predicted molar refractivity (Wildman–Crippen MR) is 59.2 cm³/mol. The fourth-order valence-electron chi connectivity index (χ4n) is 1.80. The SMILES string of the molecule is CCn1cccc1CNCC1(C)CC1. The van der Waals surface area contributed by atoms with E-state index in [2.05, 4.69) is 42.1 Å². The van der Waals surface area contributed by atoms with Gasteiger partial charge >= 0.3 is 0 Å². The maximum Gasteiger partial charge on any atom is 0.0359 e. The normalized spacial score (nSPS) is 18.4. The lowest BCUT2D eigenvalue weighted by Gasteiger charge is -2.11. The molecule has 14 heavy (non-hydrogen) atoms. The first-order valence-electron chi connectivity index (χ1n) is 5.58. The van der Waals surface area contributed by atoms with Gasteiger partial charge in [-0.3, -0.25) is 0 Å². The van der Waals surface area contributed by atoms with Crippen LogP contribution < -0.4 is 5.32 Å². The van der Waals surface area contributed by atoms with E-state index in [4.69, 9.17) is 0 Å². The smallest absolute Gasteiger partial charge is 0.0359 e. The number of nitrogens with zero attached hydrogens (tertiary/aromatic N) is 1. The molecule has 0 atom stereocenters. The lowest BCUT2D eigenvalue weighted by atomic mass is 10.1. The van der Waals surface area contributed by atoms with Gasteiger partial charge in [0.2, 0.25) is 0 Å². The zero-order valence-corrected chi connectivity index (χ0v) is 9.21. The summed E-state index contributed by atoms with van der Waals surface area (Å²) in [6.45, 7) is 7.80. The van der Waals surface area contributed by atoms with Crippen molar-refractivity contribution in [3.8, 4) is 0 Å². The number of aromatic nitrogens is 1. The van der Waals surface area contributed by atoms with Crippen LogP contribution >= 0.6 is 0 Å². The van der Waals surface area contributed by atoms with Crippen molar-refractivity contribution < 1.29 is 0 Å². The highest BCUT2D eigenvalue weighted by atomic mass is 15.0. The van der Waals surface area contributed by atoms with Crippen molar-refractivity contribution in [3.05, 3.63) is 24.0 Å². The van der Waals surface area contributed by atoms with Gasteiger partial charge in [-0.05, 0) is 37.3 Å². The Hall–Kier alpha value is -0.760. The van der Waals surface area contributed by atoms with Gasteiger partial charge in [-0.1, -0.05) is 6.92 Å². The van der Waals surface area contributed by atoms with E-state index in [0.717, 1.165) is 13.1 Å². The molecule has 1 aromatic heterocycles. The van der Waals surface area contributed by atoms with E-state index < -0.39 is 0 Å². The van der Waals surface area contributed by atoms with Crippen molar-refractivity contribution in [3.63, 3.8) is 0 Å². The molecular weight excluding hydrogens is 172 g/mol. The van der Waals surface area contributed by atoms with E-state index >= 15 is 0 Å². The molecule has 2 rings (SSSR count). The average Bonchev–Trinajstić information content (AvgIpc) is 2.75. The van der Waals surface area contributed by atoms with E-state index in [1.54, 1.807) is 0 Å². The van der Waals surface area contributed by atoms with Crippen molar-refractivity contribution in [2.24, 2.45) is 5.41 Å². The minimum absolute atomic E-state index is 0.615. The predicted octanol–water partition coefficient (Wildman–Crippen LogP) is 2.40. The topological polar surface area (TPSA) is 17.0 Å². The van der Waals surface area contributed by atoms with Crippen molar-refractivity contribution >= 4 is 0 Å². The molecule has 1 aromatic rings. The highest BCUT2D eigenvalue weighted by molar-refractivity contribution is 5.07. The Labute approximate surface area is 86.3 Å². The van der Waals surface area contributed by atoms with Crippen LogP contribution in [0.15, 0.2) is 18.3 Å². The Morgan fingerprint density at radius 2 is 2.29 bits per heavy atom. The van der Waals surface area contributed by atoms with Gasteiger partial charge in [-0.25, -0.2) is 0 Å². The Bertz CT molecular complexity index is 297.